The number of piperidine rings is 1. The van der Waals surface area contributed by atoms with Crippen LogP contribution in [0.2, 0.25) is 5.02 Å². The minimum absolute atomic E-state index is 0.0158. The number of aliphatic hydroxyl groups is 1. The molecule has 1 unspecified atom stereocenters. The van der Waals surface area contributed by atoms with Gasteiger partial charge < -0.3 is 19.8 Å². The van der Waals surface area contributed by atoms with Crippen molar-refractivity contribution in [1.29, 1.82) is 0 Å². The molecule has 2 aliphatic rings. The first-order valence-corrected chi connectivity index (χ1v) is 11.4. The van der Waals surface area contributed by atoms with Gasteiger partial charge in [0.05, 0.1) is 11.1 Å². The van der Waals surface area contributed by atoms with Crippen LogP contribution in [0.15, 0.2) is 24.3 Å². The molecule has 0 spiro atoms. The number of halogens is 2. The summed E-state index contributed by atoms with van der Waals surface area (Å²) in [7, 11) is 0. The molecule has 31 heavy (non-hydrogen) atoms. The summed E-state index contributed by atoms with van der Waals surface area (Å²) in [5, 5.41) is 9.77. The molecule has 2 aliphatic heterocycles. The second-order valence-electron chi connectivity index (χ2n) is 8.27. The maximum atomic E-state index is 13.2. The summed E-state index contributed by atoms with van der Waals surface area (Å²) in [4.78, 5) is 30.8. The molecule has 3 rings (SSSR count). The van der Waals surface area contributed by atoms with Crippen LogP contribution in [-0.4, -0.2) is 83.5 Å². The van der Waals surface area contributed by atoms with Crippen LogP contribution in [0, 0.1) is 5.82 Å². The number of carbonyl (C=O) groups is 2. The van der Waals surface area contributed by atoms with E-state index < -0.39 is 5.82 Å². The highest BCUT2D eigenvalue weighted by Crippen LogP contribution is 2.17. The smallest absolute Gasteiger partial charge is 0.246 e. The molecule has 170 valence electrons. The molecular weight excluding hydrogens is 421 g/mol. The van der Waals surface area contributed by atoms with Crippen LogP contribution in [-0.2, 0) is 9.59 Å². The summed E-state index contributed by atoms with van der Waals surface area (Å²) < 4.78 is 13.2. The van der Waals surface area contributed by atoms with Crippen molar-refractivity contribution in [3.8, 4) is 0 Å². The van der Waals surface area contributed by atoms with Gasteiger partial charge in [-0.3, -0.25) is 9.59 Å². The van der Waals surface area contributed by atoms with Crippen LogP contribution in [0.1, 0.15) is 37.7 Å². The summed E-state index contributed by atoms with van der Waals surface area (Å²) >= 11 is 5.77. The van der Waals surface area contributed by atoms with E-state index in [1.807, 2.05) is 4.90 Å². The van der Waals surface area contributed by atoms with E-state index in [0.717, 1.165) is 45.3 Å². The number of amides is 2. The van der Waals surface area contributed by atoms with Gasteiger partial charge in [0.1, 0.15) is 5.82 Å². The number of aliphatic hydroxyl groups excluding tert-OH is 1. The summed E-state index contributed by atoms with van der Waals surface area (Å²) in [5.74, 6) is -0.582. The Morgan fingerprint density at radius 2 is 2.00 bits per heavy atom. The molecule has 1 aromatic rings. The zero-order chi connectivity index (χ0) is 22.2. The van der Waals surface area contributed by atoms with Crippen molar-refractivity contribution in [1.82, 2.24) is 14.7 Å². The zero-order valence-electron chi connectivity index (χ0n) is 17.8. The molecule has 0 saturated carbocycles. The lowest BCUT2D eigenvalue weighted by Gasteiger charge is -2.30. The van der Waals surface area contributed by atoms with Crippen molar-refractivity contribution < 1.29 is 19.1 Å². The number of nitrogens with zero attached hydrogens (tertiary/aromatic N) is 3. The standard InChI is InChI=1S/C23H31ClFN3O3/c24-20-16-18(5-7-21(20)25)6-8-22(30)28-13-9-23(31)27(14-15-28)12-2-1-10-26-11-3-4-19(29)17-26/h5-8,16,19,29H,1-4,9-15,17H2. The monoisotopic (exact) mass is 451 g/mol. The predicted molar refractivity (Wildman–Crippen MR) is 119 cm³/mol. The van der Waals surface area contributed by atoms with Gasteiger partial charge in [-0.15, -0.1) is 0 Å². The maximum absolute atomic E-state index is 13.2. The molecule has 0 radical (unpaired) electrons. The summed E-state index contributed by atoms with van der Waals surface area (Å²) in [5.41, 5.74) is 0.647. The highest BCUT2D eigenvalue weighted by Gasteiger charge is 2.23. The largest absolute Gasteiger partial charge is 0.392 e. The van der Waals surface area contributed by atoms with Crippen molar-refractivity contribution in [2.24, 2.45) is 0 Å². The first-order chi connectivity index (χ1) is 14.9. The Balaban J connectivity index is 1.42. The lowest BCUT2D eigenvalue weighted by Crippen LogP contribution is -2.39. The number of likely N-dealkylation sites (tertiary alicyclic amines) is 1. The minimum atomic E-state index is -0.496. The van der Waals surface area contributed by atoms with Gasteiger partial charge in [-0.25, -0.2) is 4.39 Å². The van der Waals surface area contributed by atoms with Crippen LogP contribution in [0.3, 0.4) is 0 Å². The van der Waals surface area contributed by atoms with E-state index in [2.05, 4.69) is 4.90 Å². The van der Waals surface area contributed by atoms with Gasteiger partial charge in [0.2, 0.25) is 11.8 Å². The van der Waals surface area contributed by atoms with Crippen LogP contribution >= 0.6 is 11.6 Å². The molecule has 6 nitrogen and oxygen atoms in total. The van der Waals surface area contributed by atoms with E-state index in [0.29, 0.717) is 38.2 Å². The van der Waals surface area contributed by atoms with Crippen molar-refractivity contribution in [2.45, 2.75) is 38.2 Å². The van der Waals surface area contributed by atoms with Gasteiger partial charge >= 0.3 is 0 Å². The number of carbonyl (C=O) groups excluding carboxylic acids is 2. The molecule has 2 amide bonds. The Morgan fingerprint density at radius 1 is 1.19 bits per heavy atom. The maximum Gasteiger partial charge on any atom is 0.246 e. The van der Waals surface area contributed by atoms with Crippen molar-refractivity contribution in [3.05, 3.63) is 40.7 Å². The Kier molecular flexibility index (Phi) is 8.87. The molecule has 1 aromatic carbocycles. The lowest BCUT2D eigenvalue weighted by molar-refractivity contribution is -0.130. The van der Waals surface area contributed by atoms with E-state index in [1.165, 1.54) is 18.2 Å². The van der Waals surface area contributed by atoms with Crippen molar-refractivity contribution in [3.63, 3.8) is 0 Å². The quantitative estimate of drug-likeness (QED) is 0.511. The first-order valence-electron chi connectivity index (χ1n) is 11.0. The van der Waals surface area contributed by atoms with Gasteiger partial charge in [0, 0.05) is 45.2 Å². The third-order valence-corrected chi connectivity index (χ3v) is 6.18. The Bertz CT molecular complexity index is 804. The third kappa shape index (κ3) is 7.30. The Labute approximate surface area is 188 Å². The summed E-state index contributed by atoms with van der Waals surface area (Å²) in [6.07, 6.45) is 6.99. The molecule has 2 heterocycles. The fourth-order valence-electron chi connectivity index (χ4n) is 4.08. The molecule has 0 bridgehead atoms. The van der Waals surface area contributed by atoms with Crippen LogP contribution in [0.25, 0.3) is 6.08 Å². The van der Waals surface area contributed by atoms with E-state index in [-0.39, 0.29) is 22.9 Å². The Hall–Kier alpha value is -1.96. The number of benzene rings is 1. The molecule has 8 heteroatoms. The van der Waals surface area contributed by atoms with Crippen LogP contribution in [0.5, 0.6) is 0 Å². The number of β-amino-alcohol motifs (C(OH)–C–C–N with tert-alkyl or cyclic N) is 1. The molecule has 2 saturated heterocycles. The highest BCUT2D eigenvalue weighted by molar-refractivity contribution is 6.30. The summed E-state index contributed by atoms with van der Waals surface area (Å²) in [6, 6.07) is 4.30. The lowest BCUT2D eigenvalue weighted by atomic mass is 10.1. The van der Waals surface area contributed by atoms with E-state index in [1.54, 1.807) is 17.0 Å². The average Bonchev–Trinajstić information content (AvgIpc) is 2.93. The van der Waals surface area contributed by atoms with Crippen molar-refractivity contribution >= 4 is 29.5 Å². The third-order valence-electron chi connectivity index (χ3n) is 5.89. The molecular formula is C23H31ClFN3O3. The van der Waals surface area contributed by atoms with Crippen LogP contribution < -0.4 is 0 Å². The molecule has 0 aromatic heterocycles. The average molecular weight is 452 g/mol. The minimum Gasteiger partial charge on any atom is -0.392 e. The fraction of sp³-hybridized carbons (Fsp3) is 0.565. The SMILES string of the molecule is O=C(C=Cc1ccc(F)c(Cl)c1)N1CCC(=O)N(CCCCN2CCCC(O)C2)CC1. The second-order valence-corrected chi connectivity index (χ2v) is 8.67. The van der Waals surface area contributed by atoms with Crippen molar-refractivity contribution in [2.75, 3.05) is 45.8 Å². The predicted octanol–water partition coefficient (Wildman–Crippen LogP) is 2.79. The number of rotatable bonds is 7. The molecule has 0 aliphatic carbocycles. The second kappa shape index (κ2) is 11.6. The fourth-order valence-corrected chi connectivity index (χ4v) is 4.27. The highest BCUT2D eigenvalue weighted by atomic mass is 35.5. The van der Waals surface area contributed by atoms with Crippen LogP contribution in [0.4, 0.5) is 4.39 Å². The topological polar surface area (TPSA) is 64.1 Å². The van der Waals surface area contributed by atoms with E-state index in [9.17, 15) is 19.1 Å². The zero-order valence-corrected chi connectivity index (χ0v) is 18.6. The van der Waals surface area contributed by atoms with Gasteiger partial charge in [-0.1, -0.05) is 17.7 Å². The van der Waals surface area contributed by atoms with Gasteiger partial charge in [-0.2, -0.15) is 0 Å². The molecule has 2 fully saturated rings. The number of hydrogen-bond donors (Lipinski definition) is 1. The normalized spacial score (nSPS) is 21.0. The van der Waals surface area contributed by atoms with Gasteiger partial charge in [0.15, 0.2) is 0 Å². The van der Waals surface area contributed by atoms with Gasteiger partial charge in [-0.05, 0) is 62.5 Å². The van der Waals surface area contributed by atoms with E-state index in [4.69, 9.17) is 11.6 Å². The molecule has 1 atom stereocenters. The van der Waals surface area contributed by atoms with Gasteiger partial charge in [0.25, 0.3) is 0 Å². The number of unbranched alkanes of at least 4 members (excludes halogenated alkanes) is 1. The number of hydrogen-bond acceptors (Lipinski definition) is 4. The summed E-state index contributed by atoms with van der Waals surface area (Å²) in [6.45, 7) is 4.85. The Morgan fingerprint density at radius 3 is 2.77 bits per heavy atom. The first kappa shape index (κ1) is 23.7. The van der Waals surface area contributed by atoms with E-state index >= 15 is 0 Å². The molecule has 1 N–H and O–H groups in total.